The molecule has 9 heteroatoms. The van der Waals surface area contributed by atoms with Crippen molar-refractivity contribution in [2.45, 2.75) is 39.7 Å². The molecule has 0 saturated heterocycles. The summed E-state index contributed by atoms with van der Waals surface area (Å²) in [6.45, 7) is 6.57. The van der Waals surface area contributed by atoms with Crippen molar-refractivity contribution >= 4 is 28.3 Å². The quantitative estimate of drug-likeness (QED) is 0.162. The van der Waals surface area contributed by atoms with Crippen LogP contribution in [0.5, 0.6) is 11.5 Å². The summed E-state index contributed by atoms with van der Waals surface area (Å²) in [7, 11) is 0. The number of hydrogen-bond acceptors (Lipinski definition) is 7. The van der Waals surface area contributed by atoms with Crippen molar-refractivity contribution in [3.05, 3.63) is 79.1 Å². The van der Waals surface area contributed by atoms with Gasteiger partial charge in [-0.25, -0.2) is 9.97 Å². The third-order valence-electron chi connectivity index (χ3n) is 6.77. The zero-order chi connectivity index (χ0) is 28.6. The Hall–Kier alpha value is -4.92. The van der Waals surface area contributed by atoms with Crippen LogP contribution in [0.4, 0.5) is 11.5 Å². The highest BCUT2D eigenvalue weighted by atomic mass is 16.5. The van der Waals surface area contributed by atoms with E-state index in [9.17, 15) is 4.79 Å². The average Bonchev–Trinajstić information content (AvgIpc) is 3.55. The van der Waals surface area contributed by atoms with Gasteiger partial charge in [-0.05, 0) is 67.8 Å². The first-order valence-corrected chi connectivity index (χ1v) is 13.9. The van der Waals surface area contributed by atoms with Gasteiger partial charge in [0.15, 0.2) is 12.4 Å². The molecule has 41 heavy (non-hydrogen) atoms. The first kappa shape index (κ1) is 27.6. The highest BCUT2D eigenvalue weighted by molar-refractivity contribution is 5.93. The van der Waals surface area contributed by atoms with Crippen molar-refractivity contribution in [1.82, 2.24) is 25.5 Å². The summed E-state index contributed by atoms with van der Waals surface area (Å²) in [6.07, 6.45) is 5.42. The number of anilines is 2. The van der Waals surface area contributed by atoms with Gasteiger partial charge in [-0.3, -0.25) is 9.89 Å². The fraction of sp³-hybridized carbons (Fsp3) is 0.250. The molecule has 0 spiro atoms. The molecular formula is C32H34N6O3. The maximum absolute atomic E-state index is 12.3. The van der Waals surface area contributed by atoms with Gasteiger partial charge in [0.1, 0.15) is 17.3 Å². The van der Waals surface area contributed by atoms with Crippen molar-refractivity contribution in [1.29, 1.82) is 0 Å². The normalized spacial score (nSPS) is 11.0. The largest absolute Gasteiger partial charge is 0.494 e. The SMILES string of the molecule is CCOc1ccc2nc(-c3cccc(OCC(=O)NC(CC)CC)c3)nc(Nc3ccc(-c4cn[nH]c4)cc3)c2c1. The maximum Gasteiger partial charge on any atom is 0.258 e. The molecule has 5 rings (SSSR count). The number of aromatic amines is 1. The minimum atomic E-state index is -0.138. The third kappa shape index (κ3) is 6.81. The number of carbonyl (C=O) groups excluding carboxylic acids is 1. The Morgan fingerprint density at radius 2 is 1.68 bits per heavy atom. The smallest absolute Gasteiger partial charge is 0.258 e. The number of ether oxygens (including phenoxy) is 2. The van der Waals surface area contributed by atoms with E-state index in [0.29, 0.717) is 24.0 Å². The summed E-state index contributed by atoms with van der Waals surface area (Å²) in [5.41, 5.74) is 4.50. The third-order valence-corrected chi connectivity index (χ3v) is 6.77. The molecular weight excluding hydrogens is 516 g/mol. The molecule has 5 aromatic rings. The van der Waals surface area contributed by atoms with Crippen LogP contribution in [0.25, 0.3) is 33.4 Å². The Balaban J connectivity index is 1.43. The number of benzene rings is 3. The van der Waals surface area contributed by atoms with Crippen LogP contribution >= 0.6 is 0 Å². The number of nitrogens with one attached hydrogen (secondary N) is 3. The van der Waals surface area contributed by atoms with Gasteiger partial charge in [0.25, 0.3) is 5.91 Å². The van der Waals surface area contributed by atoms with Crippen molar-refractivity contribution in [3.8, 4) is 34.0 Å². The number of carbonyl (C=O) groups is 1. The molecule has 9 nitrogen and oxygen atoms in total. The van der Waals surface area contributed by atoms with Crippen molar-refractivity contribution in [2.75, 3.05) is 18.5 Å². The van der Waals surface area contributed by atoms with Crippen LogP contribution in [0.2, 0.25) is 0 Å². The van der Waals surface area contributed by atoms with Gasteiger partial charge in [-0.2, -0.15) is 5.10 Å². The predicted molar refractivity (Wildman–Crippen MR) is 161 cm³/mol. The Kier molecular flexibility index (Phi) is 8.73. The fourth-order valence-electron chi connectivity index (χ4n) is 4.52. The molecule has 2 aromatic heterocycles. The number of hydrogen-bond donors (Lipinski definition) is 3. The van der Waals surface area contributed by atoms with Gasteiger partial charge in [0, 0.05) is 34.4 Å². The molecule has 210 valence electrons. The number of fused-ring (bicyclic) bond motifs is 1. The van der Waals surface area contributed by atoms with Gasteiger partial charge >= 0.3 is 0 Å². The molecule has 1 amide bonds. The number of rotatable bonds is 12. The van der Waals surface area contributed by atoms with E-state index in [1.54, 1.807) is 6.20 Å². The van der Waals surface area contributed by atoms with E-state index in [1.807, 2.05) is 79.9 Å². The van der Waals surface area contributed by atoms with Crippen molar-refractivity contribution < 1.29 is 14.3 Å². The second-order valence-corrected chi connectivity index (χ2v) is 9.59. The van der Waals surface area contributed by atoms with Crippen LogP contribution in [0.1, 0.15) is 33.6 Å². The molecule has 2 heterocycles. The molecule has 3 N–H and O–H groups in total. The Bertz CT molecular complexity index is 1600. The highest BCUT2D eigenvalue weighted by Crippen LogP contribution is 2.32. The molecule has 0 aliphatic carbocycles. The molecule has 0 atom stereocenters. The van der Waals surface area contributed by atoms with Gasteiger partial charge in [-0.15, -0.1) is 0 Å². The number of aromatic nitrogens is 4. The lowest BCUT2D eigenvalue weighted by Crippen LogP contribution is -2.37. The topological polar surface area (TPSA) is 114 Å². The molecule has 3 aromatic carbocycles. The summed E-state index contributed by atoms with van der Waals surface area (Å²) < 4.78 is 11.6. The predicted octanol–water partition coefficient (Wildman–Crippen LogP) is 6.51. The van der Waals surface area contributed by atoms with Crippen LogP contribution < -0.4 is 20.1 Å². The molecule has 0 radical (unpaired) electrons. The Labute approximate surface area is 239 Å². The van der Waals surface area contributed by atoms with Crippen molar-refractivity contribution in [2.24, 2.45) is 0 Å². The lowest BCUT2D eigenvalue weighted by molar-refractivity contribution is -0.123. The van der Waals surface area contributed by atoms with Crippen LogP contribution in [0, 0.1) is 0 Å². The maximum atomic E-state index is 12.3. The summed E-state index contributed by atoms with van der Waals surface area (Å²) in [5.74, 6) is 2.37. The van der Waals surface area contributed by atoms with Gasteiger partial charge < -0.3 is 20.1 Å². The second kappa shape index (κ2) is 13.0. The summed E-state index contributed by atoms with van der Waals surface area (Å²) in [6, 6.07) is 21.5. The van der Waals surface area contributed by atoms with Crippen LogP contribution in [-0.4, -0.2) is 45.3 Å². The van der Waals surface area contributed by atoms with Crippen molar-refractivity contribution in [3.63, 3.8) is 0 Å². The van der Waals surface area contributed by atoms with E-state index in [4.69, 9.17) is 19.4 Å². The number of H-pyrrole nitrogens is 1. The Morgan fingerprint density at radius 3 is 2.41 bits per heavy atom. The van der Waals surface area contributed by atoms with E-state index in [1.165, 1.54) is 0 Å². The lowest BCUT2D eigenvalue weighted by Gasteiger charge is -2.15. The minimum Gasteiger partial charge on any atom is -0.494 e. The molecule has 0 bridgehead atoms. The molecule has 0 unspecified atom stereocenters. The van der Waals surface area contributed by atoms with Crippen LogP contribution in [0.15, 0.2) is 79.1 Å². The van der Waals surface area contributed by atoms with Gasteiger partial charge in [0.2, 0.25) is 0 Å². The molecule has 0 aliphatic heterocycles. The van der Waals surface area contributed by atoms with E-state index < -0.39 is 0 Å². The van der Waals surface area contributed by atoms with Gasteiger partial charge in [0.05, 0.1) is 18.3 Å². The highest BCUT2D eigenvalue weighted by Gasteiger charge is 2.14. The zero-order valence-corrected chi connectivity index (χ0v) is 23.5. The fourth-order valence-corrected chi connectivity index (χ4v) is 4.52. The standard InChI is InChI=1S/C32H34N6O3/c1-4-24(5-2)35-30(39)20-41-26-9-7-8-22(16-26)31-37-29-15-14-27(40-6-3)17-28(29)32(38-31)36-25-12-10-21(11-13-25)23-18-33-34-19-23/h7-19,24H,4-6,20H2,1-3H3,(H,33,34)(H,35,39)(H,36,37,38). The molecule has 0 fully saturated rings. The Morgan fingerprint density at radius 1 is 0.878 bits per heavy atom. The summed E-state index contributed by atoms with van der Waals surface area (Å²) >= 11 is 0. The van der Waals surface area contributed by atoms with Crippen LogP contribution in [0.3, 0.4) is 0 Å². The monoisotopic (exact) mass is 550 g/mol. The number of amides is 1. The van der Waals surface area contributed by atoms with E-state index in [2.05, 4.69) is 34.7 Å². The second-order valence-electron chi connectivity index (χ2n) is 9.59. The molecule has 0 aliphatic rings. The average molecular weight is 551 g/mol. The zero-order valence-electron chi connectivity index (χ0n) is 23.5. The molecule has 0 saturated carbocycles. The summed E-state index contributed by atoms with van der Waals surface area (Å²) in [4.78, 5) is 22.1. The van der Waals surface area contributed by atoms with E-state index >= 15 is 0 Å². The van der Waals surface area contributed by atoms with Gasteiger partial charge in [-0.1, -0.05) is 38.1 Å². The minimum absolute atomic E-state index is 0.0552. The first-order chi connectivity index (χ1) is 20.1. The number of nitrogens with zero attached hydrogens (tertiary/aromatic N) is 3. The first-order valence-electron chi connectivity index (χ1n) is 13.9. The van der Waals surface area contributed by atoms with E-state index in [0.717, 1.165) is 51.9 Å². The van der Waals surface area contributed by atoms with E-state index in [-0.39, 0.29) is 18.6 Å². The summed E-state index contributed by atoms with van der Waals surface area (Å²) in [5, 5.41) is 14.2. The lowest BCUT2D eigenvalue weighted by atomic mass is 10.1. The van der Waals surface area contributed by atoms with Crippen LogP contribution in [-0.2, 0) is 4.79 Å².